The Labute approximate surface area is 73.7 Å². The molecule has 1 rings (SSSR count). The Morgan fingerprint density at radius 1 is 1.64 bits per heavy atom. The molecule has 0 spiro atoms. The summed E-state index contributed by atoms with van der Waals surface area (Å²) in [6.45, 7) is 7.92. The molecule has 1 saturated heterocycles. The van der Waals surface area contributed by atoms with Gasteiger partial charge in [0.05, 0.1) is 11.3 Å². The standard InChI is InChI=1S/C8H18N2S/c1-4-5-10-6-11-8(9-10)7(2)3/h7-9H,4-6H2,1-3H3. The largest absolute Gasteiger partial charge is 0.241 e. The average molecular weight is 174 g/mol. The summed E-state index contributed by atoms with van der Waals surface area (Å²) in [6.07, 6.45) is 1.23. The molecule has 1 atom stereocenters. The smallest absolute Gasteiger partial charge is 0.0704 e. The van der Waals surface area contributed by atoms with Crippen LogP contribution in [0.2, 0.25) is 0 Å². The van der Waals surface area contributed by atoms with Gasteiger partial charge in [0.15, 0.2) is 0 Å². The lowest BCUT2D eigenvalue weighted by Gasteiger charge is -2.17. The molecule has 0 bridgehead atoms. The van der Waals surface area contributed by atoms with Crippen LogP contribution in [0.3, 0.4) is 0 Å². The van der Waals surface area contributed by atoms with Gasteiger partial charge in [-0.25, -0.2) is 10.4 Å². The highest BCUT2D eigenvalue weighted by molar-refractivity contribution is 8.00. The van der Waals surface area contributed by atoms with E-state index in [0.29, 0.717) is 5.37 Å². The Kier molecular flexibility index (Phi) is 3.69. The summed E-state index contributed by atoms with van der Waals surface area (Å²) >= 11 is 2.01. The highest BCUT2D eigenvalue weighted by Crippen LogP contribution is 2.23. The van der Waals surface area contributed by atoms with Crippen LogP contribution in [0.1, 0.15) is 27.2 Å². The molecule has 1 aliphatic heterocycles. The van der Waals surface area contributed by atoms with Crippen LogP contribution < -0.4 is 5.43 Å². The van der Waals surface area contributed by atoms with Crippen LogP contribution in [-0.4, -0.2) is 22.8 Å². The molecule has 2 nitrogen and oxygen atoms in total. The lowest BCUT2D eigenvalue weighted by atomic mass is 10.2. The van der Waals surface area contributed by atoms with Gasteiger partial charge in [-0.05, 0) is 12.3 Å². The normalized spacial score (nSPS) is 26.7. The molecule has 1 aliphatic rings. The fourth-order valence-electron chi connectivity index (χ4n) is 1.17. The second-order valence-electron chi connectivity index (χ2n) is 3.35. The summed E-state index contributed by atoms with van der Waals surface area (Å²) in [5.41, 5.74) is 3.49. The molecular formula is C8H18N2S. The van der Waals surface area contributed by atoms with Crippen molar-refractivity contribution in [1.82, 2.24) is 10.4 Å². The molecule has 0 aliphatic carbocycles. The predicted molar refractivity (Wildman–Crippen MR) is 51.2 cm³/mol. The van der Waals surface area contributed by atoms with E-state index in [1.807, 2.05) is 11.8 Å². The van der Waals surface area contributed by atoms with E-state index in [0.717, 1.165) is 11.8 Å². The Morgan fingerprint density at radius 2 is 2.36 bits per heavy atom. The van der Waals surface area contributed by atoms with Crippen LogP contribution in [0.5, 0.6) is 0 Å². The van der Waals surface area contributed by atoms with E-state index in [2.05, 4.69) is 31.2 Å². The zero-order valence-corrected chi connectivity index (χ0v) is 8.45. The van der Waals surface area contributed by atoms with E-state index in [9.17, 15) is 0 Å². The predicted octanol–water partition coefficient (Wildman–Crippen LogP) is 1.89. The first kappa shape index (κ1) is 9.36. The maximum atomic E-state index is 3.49. The summed E-state index contributed by atoms with van der Waals surface area (Å²) < 4.78 is 0. The van der Waals surface area contributed by atoms with Gasteiger partial charge in [0.2, 0.25) is 0 Å². The van der Waals surface area contributed by atoms with Crippen molar-refractivity contribution >= 4 is 11.8 Å². The highest BCUT2D eigenvalue weighted by atomic mass is 32.2. The molecule has 0 radical (unpaired) electrons. The van der Waals surface area contributed by atoms with Gasteiger partial charge in [-0.15, -0.1) is 11.8 Å². The number of hydrazine groups is 1. The molecule has 0 aromatic heterocycles. The SMILES string of the molecule is CCCN1CSC(C(C)C)N1. The van der Waals surface area contributed by atoms with Crippen molar-refractivity contribution in [2.75, 3.05) is 12.4 Å². The Hall–Kier alpha value is 0.270. The summed E-state index contributed by atoms with van der Waals surface area (Å²) in [5, 5.41) is 2.96. The van der Waals surface area contributed by atoms with Crippen LogP contribution in [0.25, 0.3) is 0 Å². The number of nitrogens with one attached hydrogen (secondary N) is 1. The number of hydrogen-bond donors (Lipinski definition) is 1. The van der Waals surface area contributed by atoms with Gasteiger partial charge in [0.25, 0.3) is 0 Å². The lowest BCUT2D eigenvalue weighted by molar-refractivity contribution is 0.221. The zero-order valence-electron chi connectivity index (χ0n) is 7.63. The highest BCUT2D eigenvalue weighted by Gasteiger charge is 2.23. The summed E-state index contributed by atoms with van der Waals surface area (Å²) in [6, 6.07) is 0. The number of thioether (sulfide) groups is 1. The minimum atomic E-state index is 0.640. The van der Waals surface area contributed by atoms with Gasteiger partial charge >= 0.3 is 0 Å². The third kappa shape index (κ3) is 2.65. The molecule has 0 aromatic rings. The number of nitrogens with zero attached hydrogens (tertiary/aromatic N) is 1. The van der Waals surface area contributed by atoms with Gasteiger partial charge in [-0.2, -0.15) is 0 Å². The van der Waals surface area contributed by atoms with Crippen LogP contribution in [0.15, 0.2) is 0 Å². The Balaban J connectivity index is 2.23. The molecular weight excluding hydrogens is 156 g/mol. The van der Waals surface area contributed by atoms with E-state index in [-0.39, 0.29) is 0 Å². The summed E-state index contributed by atoms with van der Waals surface area (Å²) in [7, 11) is 0. The summed E-state index contributed by atoms with van der Waals surface area (Å²) in [5.74, 6) is 1.89. The van der Waals surface area contributed by atoms with Crippen LogP contribution in [-0.2, 0) is 0 Å². The molecule has 1 fully saturated rings. The van der Waals surface area contributed by atoms with E-state index >= 15 is 0 Å². The Bertz CT molecular complexity index is 117. The van der Waals surface area contributed by atoms with Crippen molar-refractivity contribution in [1.29, 1.82) is 0 Å². The van der Waals surface area contributed by atoms with Crippen LogP contribution in [0, 0.1) is 5.92 Å². The third-order valence-electron chi connectivity index (χ3n) is 1.82. The second kappa shape index (κ2) is 4.33. The van der Waals surface area contributed by atoms with Gasteiger partial charge in [0.1, 0.15) is 0 Å². The number of hydrogen-bond acceptors (Lipinski definition) is 3. The minimum absolute atomic E-state index is 0.640. The van der Waals surface area contributed by atoms with E-state index in [1.165, 1.54) is 13.0 Å². The van der Waals surface area contributed by atoms with Gasteiger partial charge in [-0.1, -0.05) is 20.8 Å². The van der Waals surface area contributed by atoms with Crippen molar-refractivity contribution in [3.63, 3.8) is 0 Å². The van der Waals surface area contributed by atoms with E-state index in [4.69, 9.17) is 0 Å². The number of rotatable bonds is 3. The fraction of sp³-hybridized carbons (Fsp3) is 1.00. The molecule has 3 heteroatoms. The third-order valence-corrected chi connectivity index (χ3v) is 3.29. The fourth-order valence-corrected chi connectivity index (χ4v) is 2.32. The first-order chi connectivity index (χ1) is 5.24. The molecule has 1 N–H and O–H groups in total. The first-order valence-electron chi connectivity index (χ1n) is 4.36. The van der Waals surface area contributed by atoms with E-state index in [1.54, 1.807) is 0 Å². The molecule has 66 valence electrons. The van der Waals surface area contributed by atoms with Crippen molar-refractivity contribution in [2.24, 2.45) is 5.92 Å². The summed E-state index contributed by atoms with van der Waals surface area (Å²) in [4.78, 5) is 0. The lowest BCUT2D eigenvalue weighted by Crippen LogP contribution is -2.37. The maximum absolute atomic E-state index is 3.49. The molecule has 1 unspecified atom stereocenters. The zero-order chi connectivity index (χ0) is 8.27. The molecule has 11 heavy (non-hydrogen) atoms. The Morgan fingerprint density at radius 3 is 2.82 bits per heavy atom. The van der Waals surface area contributed by atoms with Gasteiger partial charge < -0.3 is 0 Å². The monoisotopic (exact) mass is 174 g/mol. The van der Waals surface area contributed by atoms with Gasteiger partial charge in [0, 0.05) is 6.54 Å². The van der Waals surface area contributed by atoms with Crippen LogP contribution in [0.4, 0.5) is 0 Å². The second-order valence-corrected chi connectivity index (χ2v) is 4.45. The van der Waals surface area contributed by atoms with Crippen molar-refractivity contribution in [3.8, 4) is 0 Å². The average Bonchev–Trinajstić information content (AvgIpc) is 2.37. The minimum Gasteiger partial charge on any atom is -0.241 e. The maximum Gasteiger partial charge on any atom is 0.0704 e. The molecule has 0 amide bonds. The quantitative estimate of drug-likeness (QED) is 0.703. The van der Waals surface area contributed by atoms with Crippen molar-refractivity contribution < 1.29 is 0 Å². The topological polar surface area (TPSA) is 15.3 Å². The van der Waals surface area contributed by atoms with Crippen molar-refractivity contribution in [3.05, 3.63) is 0 Å². The van der Waals surface area contributed by atoms with E-state index < -0.39 is 0 Å². The van der Waals surface area contributed by atoms with Crippen molar-refractivity contribution in [2.45, 2.75) is 32.6 Å². The molecule has 0 aromatic carbocycles. The molecule has 0 saturated carbocycles. The first-order valence-corrected chi connectivity index (χ1v) is 5.41. The van der Waals surface area contributed by atoms with Crippen LogP contribution >= 0.6 is 11.8 Å². The molecule has 1 heterocycles. The van der Waals surface area contributed by atoms with Gasteiger partial charge in [-0.3, -0.25) is 0 Å².